The van der Waals surface area contributed by atoms with Gasteiger partial charge in [0.05, 0.1) is 6.54 Å². The molecule has 6 nitrogen and oxygen atoms in total. The van der Waals surface area contributed by atoms with Crippen molar-refractivity contribution in [1.29, 1.82) is 0 Å². The first-order valence-corrected chi connectivity index (χ1v) is 10.5. The predicted octanol–water partition coefficient (Wildman–Crippen LogP) is 3.60. The molecular formula is C25H18F5N3O3. The first kappa shape index (κ1) is 24.8. The molecule has 3 aromatic rings. The molecule has 3 amide bonds. The highest BCUT2D eigenvalue weighted by Crippen LogP contribution is 2.43. The van der Waals surface area contributed by atoms with Crippen LogP contribution in [0.2, 0.25) is 0 Å². The highest BCUT2D eigenvalue weighted by Gasteiger charge is 2.52. The molecule has 0 fully saturated rings. The smallest absolute Gasteiger partial charge is 0.251 e. The van der Waals surface area contributed by atoms with E-state index in [4.69, 9.17) is 5.73 Å². The number of benzene rings is 3. The molecule has 0 aliphatic carbocycles. The first-order valence-electron chi connectivity index (χ1n) is 10.5. The van der Waals surface area contributed by atoms with Crippen LogP contribution in [-0.2, 0) is 28.1 Å². The van der Waals surface area contributed by atoms with E-state index in [0.717, 1.165) is 17.0 Å². The van der Waals surface area contributed by atoms with E-state index in [9.17, 15) is 36.3 Å². The minimum atomic E-state index is -1.81. The van der Waals surface area contributed by atoms with Crippen LogP contribution in [0.25, 0.3) is 0 Å². The Hall–Kier alpha value is -4.28. The minimum Gasteiger partial charge on any atom is -0.368 e. The van der Waals surface area contributed by atoms with Gasteiger partial charge in [0.2, 0.25) is 11.8 Å². The summed E-state index contributed by atoms with van der Waals surface area (Å²) in [6.07, 6.45) is 0. The molecule has 4 rings (SSSR count). The zero-order valence-electron chi connectivity index (χ0n) is 18.7. The highest BCUT2D eigenvalue weighted by atomic mass is 19.2. The number of carbonyl (C=O) groups is 3. The summed E-state index contributed by atoms with van der Waals surface area (Å²) in [4.78, 5) is 39.3. The fourth-order valence-corrected chi connectivity index (χ4v) is 4.11. The van der Waals surface area contributed by atoms with Crippen molar-refractivity contribution in [2.45, 2.75) is 25.4 Å². The van der Waals surface area contributed by atoms with Crippen molar-refractivity contribution in [1.82, 2.24) is 5.32 Å². The predicted molar refractivity (Wildman–Crippen MR) is 118 cm³/mol. The number of rotatable bonds is 6. The minimum absolute atomic E-state index is 0.0476. The van der Waals surface area contributed by atoms with E-state index in [-0.39, 0.29) is 28.9 Å². The molecule has 1 aliphatic heterocycles. The van der Waals surface area contributed by atoms with Crippen molar-refractivity contribution in [3.8, 4) is 0 Å². The Morgan fingerprint density at radius 3 is 2.08 bits per heavy atom. The van der Waals surface area contributed by atoms with E-state index in [2.05, 4.69) is 5.32 Å². The summed E-state index contributed by atoms with van der Waals surface area (Å²) < 4.78 is 68.3. The third-order valence-corrected chi connectivity index (χ3v) is 6.05. The van der Waals surface area contributed by atoms with E-state index >= 15 is 0 Å². The van der Waals surface area contributed by atoms with Crippen molar-refractivity contribution in [2.75, 3.05) is 4.90 Å². The molecule has 3 N–H and O–H groups in total. The molecule has 0 saturated heterocycles. The first-order chi connectivity index (χ1) is 16.9. The monoisotopic (exact) mass is 503 g/mol. The summed E-state index contributed by atoms with van der Waals surface area (Å²) in [6, 6.07) is 7.50. The number of halogens is 5. The van der Waals surface area contributed by atoms with Gasteiger partial charge in [-0.1, -0.05) is 6.07 Å². The second-order valence-electron chi connectivity index (χ2n) is 8.42. The molecule has 1 atom stereocenters. The third-order valence-electron chi connectivity index (χ3n) is 6.05. The van der Waals surface area contributed by atoms with Gasteiger partial charge in [-0.25, -0.2) is 22.0 Å². The van der Waals surface area contributed by atoms with Gasteiger partial charge >= 0.3 is 0 Å². The average Bonchev–Trinajstić information content (AvgIpc) is 3.00. The average molecular weight is 503 g/mol. The molecule has 1 unspecified atom stereocenters. The van der Waals surface area contributed by atoms with Crippen LogP contribution in [0.3, 0.4) is 0 Å². The lowest BCUT2D eigenvalue weighted by molar-refractivity contribution is -0.132. The van der Waals surface area contributed by atoms with Gasteiger partial charge in [0.25, 0.3) is 5.91 Å². The van der Waals surface area contributed by atoms with Gasteiger partial charge in [-0.3, -0.25) is 14.4 Å². The van der Waals surface area contributed by atoms with E-state index in [1.54, 1.807) is 0 Å². The number of nitrogens with one attached hydrogen (secondary N) is 1. The van der Waals surface area contributed by atoms with Crippen LogP contribution < -0.4 is 16.0 Å². The Morgan fingerprint density at radius 2 is 1.50 bits per heavy atom. The van der Waals surface area contributed by atoms with Gasteiger partial charge in [0.1, 0.15) is 29.1 Å². The number of amides is 3. The maximum atomic E-state index is 13.9. The Bertz CT molecular complexity index is 1380. The van der Waals surface area contributed by atoms with Gasteiger partial charge in [0.15, 0.2) is 5.41 Å². The Kier molecular flexibility index (Phi) is 6.25. The van der Waals surface area contributed by atoms with Crippen molar-refractivity contribution >= 4 is 23.4 Å². The van der Waals surface area contributed by atoms with Crippen molar-refractivity contribution < 1.29 is 36.3 Å². The normalized spacial score (nSPS) is 16.7. The van der Waals surface area contributed by atoms with Crippen LogP contribution in [0.15, 0.2) is 48.5 Å². The summed E-state index contributed by atoms with van der Waals surface area (Å²) in [5, 5.41) is 2.31. The van der Waals surface area contributed by atoms with Gasteiger partial charge in [-0.2, -0.15) is 0 Å². The maximum absolute atomic E-state index is 13.9. The zero-order valence-corrected chi connectivity index (χ0v) is 18.7. The number of carbonyl (C=O) groups excluding carboxylic acids is 3. The lowest BCUT2D eigenvalue weighted by Crippen LogP contribution is -2.47. The zero-order chi connectivity index (χ0) is 26.4. The van der Waals surface area contributed by atoms with Gasteiger partial charge in [0, 0.05) is 47.1 Å². The highest BCUT2D eigenvalue weighted by molar-refractivity contribution is 6.21. The number of nitrogens with two attached hydrogens (primary N) is 1. The molecule has 0 aromatic heterocycles. The summed E-state index contributed by atoms with van der Waals surface area (Å²) in [7, 11) is 0. The lowest BCUT2D eigenvalue weighted by atomic mass is 9.83. The molecule has 0 spiro atoms. The molecule has 186 valence electrons. The van der Waals surface area contributed by atoms with Crippen molar-refractivity contribution in [3.63, 3.8) is 0 Å². The third kappa shape index (κ3) is 4.28. The van der Waals surface area contributed by atoms with Gasteiger partial charge < -0.3 is 16.0 Å². The fourth-order valence-electron chi connectivity index (χ4n) is 4.11. The standard InChI is InChI=1S/C25H18F5N3O3/c1-25(23(31)35)18-3-2-13(22(34)32-10-17-19(29)8-16(28)9-20(17)30)6-21(18)33(24(25)36)11-12-4-14(26)7-15(27)5-12/h2-9H,10-11H2,1H3,(H2,31,35)(H,32,34). The van der Waals surface area contributed by atoms with Crippen LogP contribution in [0.5, 0.6) is 0 Å². The molecule has 36 heavy (non-hydrogen) atoms. The van der Waals surface area contributed by atoms with E-state index < -0.39 is 64.3 Å². The number of nitrogens with zero attached hydrogens (tertiary/aromatic N) is 1. The number of anilines is 1. The van der Waals surface area contributed by atoms with Gasteiger partial charge in [-0.15, -0.1) is 0 Å². The molecule has 11 heteroatoms. The lowest BCUT2D eigenvalue weighted by Gasteiger charge is -2.21. The number of hydrogen-bond donors (Lipinski definition) is 2. The Morgan fingerprint density at radius 1 is 0.917 bits per heavy atom. The molecule has 0 bridgehead atoms. The van der Waals surface area contributed by atoms with E-state index in [1.807, 2.05) is 0 Å². The SMILES string of the molecule is CC1(C(N)=O)C(=O)N(Cc2cc(F)cc(F)c2)c2cc(C(=O)NCc3c(F)cc(F)cc3F)ccc21. The molecule has 1 heterocycles. The van der Waals surface area contributed by atoms with Crippen molar-refractivity contribution in [3.05, 3.63) is 99.9 Å². The maximum Gasteiger partial charge on any atom is 0.251 e. The second-order valence-corrected chi connectivity index (χ2v) is 8.42. The van der Waals surface area contributed by atoms with Crippen LogP contribution in [-0.4, -0.2) is 17.7 Å². The number of hydrogen-bond acceptors (Lipinski definition) is 3. The Labute approximate surface area is 201 Å². The molecule has 0 radical (unpaired) electrons. The summed E-state index contributed by atoms with van der Waals surface area (Å²) >= 11 is 0. The molecule has 0 saturated carbocycles. The van der Waals surface area contributed by atoms with Crippen LogP contribution >= 0.6 is 0 Å². The van der Waals surface area contributed by atoms with Gasteiger partial charge in [-0.05, 0) is 36.8 Å². The topological polar surface area (TPSA) is 92.5 Å². The largest absolute Gasteiger partial charge is 0.368 e. The quantitative estimate of drug-likeness (QED) is 0.398. The Balaban J connectivity index is 1.67. The van der Waals surface area contributed by atoms with E-state index in [1.165, 1.54) is 25.1 Å². The van der Waals surface area contributed by atoms with Crippen molar-refractivity contribution in [2.24, 2.45) is 5.73 Å². The summed E-state index contributed by atoms with van der Waals surface area (Å²) in [5.74, 6) is -7.75. The second kappa shape index (κ2) is 9.06. The molecule has 3 aromatic carbocycles. The molecular weight excluding hydrogens is 485 g/mol. The number of primary amides is 1. The fraction of sp³-hybridized carbons (Fsp3) is 0.160. The number of fused-ring (bicyclic) bond motifs is 1. The van der Waals surface area contributed by atoms with Crippen LogP contribution in [0.1, 0.15) is 34.0 Å². The summed E-state index contributed by atoms with van der Waals surface area (Å²) in [5.41, 5.74) is 3.44. The molecule has 1 aliphatic rings. The summed E-state index contributed by atoms with van der Waals surface area (Å²) in [6.45, 7) is 0.362. The van der Waals surface area contributed by atoms with E-state index in [0.29, 0.717) is 18.2 Å². The van der Waals surface area contributed by atoms with Crippen LogP contribution in [0, 0.1) is 29.1 Å². The van der Waals surface area contributed by atoms with Crippen LogP contribution in [0.4, 0.5) is 27.6 Å².